The van der Waals surface area contributed by atoms with Gasteiger partial charge in [0.05, 0.1) is 4.92 Å². The number of nitro benzene ring substituents is 1. The van der Waals surface area contributed by atoms with E-state index in [0.717, 1.165) is 5.56 Å². The minimum atomic E-state index is -0.442. The molecule has 0 aliphatic carbocycles. The van der Waals surface area contributed by atoms with Crippen molar-refractivity contribution in [3.8, 4) is 0 Å². The number of rotatable bonds is 3. The number of aliphatic imine (C=N–C) groups is 1. The van der Waals surface area contributed by atoms with Crippen LogP contribution < -0.4 is 0 Å². The zero-order valence-corrected chi connectivity index (χ0v) is 11.0. The molecule has 0 fully saturated rings. The van der Waals surface area contributed by atoms with Crippen molar-refractivity contribution in [2.45, 2.75) is 0 Å². The molecular weight excluding hydrogens is 272 g/mol. The van der Waals surface area contributed by atoms with Gasteiger partial charge in [-0.15, -0.1) is 5.10 Å². The maximum absolute atomic E-state index is 10.6. The maximum atomic E-state index is 10.6. The van der Waals surface area contributed by atoms with E-state index in [-0.39, 0.29) is 5.69 Å². The van der Waals surface area contributed by atoms with Crippen LogP contribution in [0.2, 0.25) is 0 Å². The van der Waals surface area contributed by atoms with Crippen LogP contribution >= 0.6 is 0 Å². The number of aryl methyl sites for hydroxylation is 1. The first-order valence-corrected chi connectivity index (χ1v) is 6.07. The van der Waals surface area contributed by atoms with Crippen LogP contribution in [0.4, 0.5) is 11.5 Å². The van der Waals surface area contributed by atoms with Gasteiger partial charge in [0.1, 0.15) is 0 Å². The van der Waals surface area contributed by atoms with Gasteiger partial charge in [-0.3, -0.25) is 10.1 Å². The average Bonchev–Trinajstić information content (AvgIpc) is 2.83. The molecule has 2 heterocycles. The molecule has 0 spiro atoms. The van der Waals surface area contributed by atoms with Gasteiger partial charge in [0.2, 0.25) is 5.82 Å². The molecule has 2 aromatic heterocycles. The molecule has 0 N–H and O–H groups in total. The van der Waals surface area contributed by atoms with Gasteiger partial charge in [-0.2, -0.15) is 0 Å². The fraction of sp³-hybridized carbons (Fsp3) is 0.0769. The molecule has 0 unspecified atom stereocenters. The van der Waals surface area contributed by atoms with Crippen molar-refractivity contribution >= 4 is 28.9 Å². The van der Waals surface area contributed by atoms with Crippen LogP contribution in [-0.2, 0) is 7.05 Å². The lowest BCUT2D eigenvalue weighted by molar-refractivity contribution is -0.384. The number of hydrogen-bond donors (Lipinski definition) is 0. The normalized spacial score (nSPS) is 11.3. The Labute approximate surface area is 118 Å². The second-order valence-corrected chi connectivity index (χ2v) is 4.28. The molecule has 0 saturated heterocycles. The Morgan fingerprint density at radius 3 is 2.67 bits per heavy atom. The summed E-state index contributed by atoms with van der Waals surface area (Å²) in [4.78, 5) is 22.8. The van der Waals surface area contributed by atoms with E-state index in [0.29, 0.717) is 17.0 Å². The molecule has 0 aliphatic heterocycles. The van der Waals surface area contributed by atoms with E-state index < -0.39 is 4.92 Å². The van der Waals surface area contributed by atoms with Gasteiger partial charge >= 0.3 is 0 Å². The lowest BCUT2D eigenvalue weighted by atomic mass is 10.2. The predicted octanol–water partition coefficient (Wildman–Crippen LogP) is 2.02. The summed E-state index contributed by atoms with van der Waals surface area (Å²) in [6, 6.07) is 6.10. The predicted molar refractivity (Wildman–Crippen MR) is 76.7 cm³/mol. The highest BCUT2D eigenvalue weighted by atomic mass is 16.6. The zero-order valence-electron chi connectivity index (χ0n) is 11.0. The molecule has 8 nitrogen and oxygen atoms in total. The van der Waals surface area contributed by atoms with Crippen LogP contribution in [0.1, 0.15) is 5.56 Å². The summed E-state index contributed by atoms with van der Waals surface area (Å²) < 4.78 is 1.60. The fourth-order valence-corrected chi connectivity index (χ4v) is 1.87. The minimum Gasteiger partial charge on any atom is -0.258 e. The maximum Gasteiger partial charge on any atom is 0.269 e. The lowest BCUT2D eigenvalue weighted by Crippen LogP contribution is -1.91. The first-order chi connectivity index (χ1) is 10.1. The monoisotopic (exact) mass is 282 g/mol. The third-order valence-corrected chi connectivity index (χ3v) is 2.88. The van der Waals surface area contributed by atoms with Gasteiger partial charge in [0, 0.05) is 37.8 Å². The van der Waals surface area contributed by atoms with Crippen molar-refractivity contribution < 1.29 is 4.92 Å². The summed E-state index contributed by atoms with van der Waals surface area (Å²) in [6.07, 6.45) is 4.75. The third kappa shape index (κ3) is 2.46. The van der Waals surface area contributed by atoms with Gasteiger partial charge in [0.15, 0.2) is 11.2 Å². The van der Waals surface area contributed by atoms with Gasteiger partial charge in [-0.05, 0) is 17.7 Å². The molecule has 8 heteroatoms. The topological polar surface area (TPSA) is 99.1 Å². The highest BCUT2D eigenvalue weighted by molar-refractivity contribution is 5.88. The van der Waals surface area contributed by atoms with E-state index in [1.807, 2.05) is 0 Å². The van der Waals surface area contributed by atoms with Crippen LogP contribution in [0.3, 0.4) is 0 Å². The average molecular weight is 282 g/mol. The van der Waals surface area contributed by atoms with Crippen molar-refractivity contribution in [3.63, 3.8) is 0 Å². The molecule has 1 aromatic carbocycles. The molecule has 0 atom stereocenters. The number of aromatic nitrogens is 4. The van der Waals surface area contributed by atoms with Gasteiger partial charge in [0.25, 0.3) is 5.69 Å². The van der Waals surface area contributed by atoms with Gasteiger partial charge < -0.3 is 0 Å². The standard InChI is InChI=1S/C13H10N6O2/c1-18-13-11(14-6-7-15-13)12(17-18)16-8-9-2-4-10(5-3-9)19(20)21/h2-8H,1H3. The fourth-order valence-electron chi connectivity index (χ4n) is 1.87. The Morgan fingerprint density at radius 2 is 1.95 bits per heavy atom. The number of fused-ring (bicyclic) bond motifs is 1. The number of non-ortho nitro benzene ring substituents is 1. The molecular formula is C13H10N6O2. The molecule has 0 amide bonds. The van der Waals surface area contributed by atoms with E-state index >= 15 is 0 Å². The quantitative estimate of drug-likeness (QED) is 0.415. The molecule has 3 rings (SSSR count). The first kappa shape index (κ1) is 12.9. The number of nitrogens with zero attached hydrogens (tertiary/aromatic N) is 6. The van der Waals surface area contributed by atoms with Gasteiger partial charge in [-0.1, -0.05) is 0 Å². The second-order valence-electron chi connectivity index (χ2n) is 4.28. The van der Waals surface area contributed by atoms with Crippen LogP contribution in [0.5, 0.6) is 0 Å². The molecule has 3 aromatic rings. The lowest BCUT2D eigenvalue weighted by Gasteiger charge is -1.93. The number of hydrogen-bond acceptors (Lipinski definition) is 6. The van der Waals surface area contributed by atoms with E-state index in [1.165, 1.54) is 12.1 Å². The SMILES string of the molecule is Cn1nc(N=Cc2ccc([N+](=O)[O-])cc2)c2nccnc21. The summed E-state index contributed by atoms with van der Waals surface area (Å²) >= 11 is 0. The van der Waals surface area contributed by atoms with Crippen molar-refractivity contribution in [1.29, 1.82) is 0 Å². The van der Waals surface area contributed by atoms with E-state index in [9.17, 15) is 10.1 Å². The summed E-state index contributed by atoms with van der Waals surface area (Å²) in [6.45, 7) is 0. The Balaban J connectivity index is 1.92. The zero-order chi connectivity index (χ0) is 14.8. The number of benzene rings is 1. The molecule has 21 heavy (non-hydrogen) atoms. The van der Waals surface area contributed by atoms with Crippen molar-refractivity contribution in [2.24, 2.45) is 12.0 Å². The van der Waals surface area contributed by atoms with E-state index in [4.69, 9.17) is 0 Å². The smallest absolute Gasteiger partial charge is 0.258 e. The third-order valence-electron chi connectivity index (χ3n) is 2.88. The van der Waals surface area contributed by atoms with Crippen LogP contribution in [0, 0.1) is 10.1 Å². The Morgan fingerprint density at radius 1 is 1.24 bits per heavy atom. The van der Waals surface area contributed by atoms with Crippen molar-refractivity contribution in [3.05, 3.63) is 52.3 Å². The van der Waals surface area contributed by atoms with E-state index in [1.54, 1.807) is 42.5 Å². The molecule has 0 bridgehead atoms. The molecule has 0 saturated carbocycles. The van der Waals surface area contributed by atoms with Crippen LogP contribution in [0.25, 0.3) is 11.2 Å². The minimum absolute atomic E-state index is 0.0429. The highest BCUT2D eigenvalue weighted by Gasteiger charge is 2.09. The van der Waals surface area contributed by atoms with Crippen LogP contribution in [-0.4, -0.2) is 30.9 Å². The largest absolute Gasteiger partial charge is 0.269 e. The first-order valence-electron chi connectivity index (χ1n) is 6.07. The summed E-state index contributed by atoms with van der Waals surface area (Å²) in [5.74, 6) is 0.457. The second kappa shape index (κ2) is 5.08. The molecule has 104 valence electrons. The van der Waals surface area contributed by atoms with Gasteiger partial charge in [-0.25, -0.2) is 19.6 Å². The molecule has 0 aliphatic rings. The van der Waals surface area contributed by atoms with Crippen LogP contribution in [0.15, 0.2) is 41.7 Å². The Kier molecular flexibility index (Phi) is 3.11. The van der Waals surface area contributed by atoms with Crippen molar-refractivity contribution in [2.75, 3.05) is 0 Å². The Hall–Kier alpha value is -3.16. The Bertz CT molecular complexity index is 837. The summed E-state index contributed by atoms with van der Waals surface area (Å²) in [5, 5.41) is 14.8. The summed E-state index contributed by atoms with van der Waals surface area (Å²) in [5.41, 5.74) is 2.04. The van der Waals surface area contributed by atoms with Crippen molar-refractivity contribution in [1.82, 2.24) is 19.7 Å². The van der Waals surface area contributed by atoms with E-state index in [2.05, 4.69) is 20.1 Å². The highest BCUT2D eigenvalue weighted by Crippen LogP contribution is 2.20. The number of nitro groups is 1. The molecule has 0 radical (unpaired) electrons. The summed E-state index contributed by atoms with van der Waals surface area (Å²) in [7, 11) is 1.77.